The number of phenolic OH excluding ortho intramolecular Hbond substituents is 1. The molecule has 0 fully saturated rings. The Morgan fingerprint density at radius 1 is 1.11 bits per heavy atom. The molecule has 4 rings (SSSR count). The third kappa shape index (κ3) is 6.56. The van der Waals surface area contributed by atoms with Gasteiger partial charge in [-0.3, -0.25) is 19.5 Å². The minimum absolute atomic E-state index is 0.0257. The van der Waals surface area contributed by atoms with Crippen molar-refractivity contribution in [2.45, 2.75) is 59.3 Å². The van der Waals surface area contributed by atoms with Gasteiger partial charge < -0.3 is 9.84 Å². The number of carbonyl (C=O) groups is 2. The summed E-state index contributed by atoms with van der Waals surface area (Å²) >= 11 is 0. The number of rotatable bonds is 12. The van der Waals surface area contributed by atoms with Crippen LogP contribution in [0.4, 0.5) is 5.69 Å². The summed E-state index contributed by atoms with van der Waals surface area (Å²) in [6.45, 7) is 6.91. The van der Waals surface area contributed by atoms with Gasteiger partial charge in [0.2, 0.25) is 5.75 Å². The molecular formula is C32H37N2O4+. The molecule has 0 spiro atoms. The number of carbonyl (C=O) groups excluding carboxylic acids is 2. The van der Waals surface area contributed by atoms with E-state index in [0.717, 1.165) is 53.0 Å². The summed E-state index contributed by atoms with van der Waals surface area (Å²) in [6, 6.07) is 10.1. The summed E-state index contributed by atoms with van der Waals surface area (Å²) in [5, 5.41) is 10.9. The lowest BCUT2D eigenvalue weighted by Crippen LogP contribution is -3.01. The number of allylic oxidation sites excluding steroid dienone is 2. The molecule has 6 nitrogen and oxygen atoms in total. The van der Waals surface area contributed by atoms with Crippen LogP contribution in [0.5, 0.6) is 11.5 Å². The Labute approximate surface area is 225 Å². The van der Waals surface area contributed by atoms with E-state index < -0.39 is 0 Å². The molecule has 0 aliphatic carbocycles. The first-order valence-corrected chi connectivity index (χ1v) is 13.3. The number of quaternary nitrogens is 1. The number of nitrogens with one attached hydrogen (secondary N) is 1. The number of aryl methyl sites for hydroxylation is 2. The van der Waals surface area contributed by atoms with E-state index in [1.165, 1.54) is 29.9 Å². The second-order valence-corrected chi connectivity index (χ2v) is 10.3. The van der Waals surface area contributed by atoms with Gasteiger partial charge >= 0.3 is 0 Å². The van der Waals surface area contributed by atoms with E-state index in [1.54, 1.807) is 12.1 Å². The van der Waals surface area contributed by atoms with Gasteiger partial charge in [-0.1, -0.05) is 55.2 Å². The lowest BCUT2D eigenvalue weighted by molar-refractivity contribution is -0.760. The monoisotopic (exact) mass is 513 g/mol. The number of aromatic hydroxyl groups is 1. The van der Waals surface area contributed by atoms with Crippen molar-refractivity contribution in [3.8, 4) is 11.5 Å². The van der Waals surface area contributed by atoms with Gasteiger partial charge in [-0.25, -0.2) is 0 Å². The van der Waals surface area contributed by atoms with E-state index in [9.17, 15) is 14.7 Å². The highest BCUT2D eigenvalue weighted by atomic mass is 16.5. The maximum Gasteiger partial charge on any atom is 0.220 e. The van der Waals surface area contributed by atoms with E-state index in [1.807, 2.05) is 12.3 Å². The Kier molecular flexibility index (Phi) is 8.74. The van der Waals surface area contributed by atoms with E-state index in [0.29, 0.717) is 24.4 Å². The number of hydrogen-bond donors (Lipinski definition) is 2. The molecule has 38 heavy (non-hydrogen) atoms. The largest absolute Gasteiger partial charge is 0.500 e. The van der Waals surface area contributed by atoms with Crippen LogP contribution in [0.1, 0.15) is 61.3 Å². The second kappa shape index (κ2) is 12.2. The maximum absolute atomic E-state index is 12.4. The zero-order valence-electron chi connectivity index (χ0n) is 22.8. The van der Waals surface area contributed by atoms with Crippen molar-refractivity contribution in [3.05, 3.63) is 82.2 Å². The molecule has 198 valence electrons. The fourth-order valence-electron chi connectivity index (χ4n) is 5.14. The zero-order valence-corrected chi connectivity index (χ0v) is 22.8. The van der Waals surface area contributed by atoms with Crippen LogP contribution >= 0.6 is 0 Å². The van der Waals surface area contributed by atoms with Gasteiger partial charge in [-0.15, -0.1) is 0 Å². The molecule has 2 aliphatic heterocycles. The number of methoxy groups -OCH3 is 1. The molecule has 0 aromatic heterocycles. The van der Waals surface area contributed by atoms with Gasteiger partial charge in [0, 0.05) is 18.7 Å². The Hall–Kier alpha value is -3.77. The zero-order chi connectivity index (χ0) is 27.2. The Bertz CT molecular complexity index is 1340. The molecule has 2 N–H and O–H groups in total. The fraction of sp³-hybridized carbons (Fsp3) is 0.344. The minimum atomic E-state index is -0.222. The summed E-state index contributed by atoms with van der Waals surface area (Å²) in [6.07, 6.45) is 11.2. The molecular weight excluding hydrogens is 476 g/mol. The highest BCUT2D eigenvalue weighted by Gasteiger charge is 2.33. The quantitative estimate of drug-likeness (QED) is 0.178. The third-order valence-corrected chi connectivity index (χ3v) is 6.94. The minimum Gasteiger partial charge on any atom is -0.500 e. The van der Waals surface area contributed by atoms with Gasteiger partial charge in [-0.05, 0) is 55.5 Å². The van der Waals surface area contributed by atoms with Crippen molar-refractivity contribution >= 4 is 29.0 Å². The SMILES string of the molecule is CCCCCC(=O)CC(=O)C=Cc1cc(OC)c(O)c([NH+]2C=C3C(Cc4cc(C)cc(C)c4)=CN=C3C2)c1. The van der Waals surface area contributed by atoms with Crippen molar-refractivity contribution in [1.29, 1.82) is 0 Å². The van der Waals surface area contributed by atoms with Gasteiger partial charge in [0.15, 0.2) is 17.2 Å². The maximum atomic E-state index is 12.4. The molecule has 6 heteroatoms. The summed E-state index contributed by atoms with van der Waals surface area (Å²) in [4.78, 5) is 30.0. The lowest BCUT2D eigenvalue weighted by Gasteiger charge is -2.14. The molecule has 0 radical (unpaired) electrons. The van der Waals surface area contributed by atoms with Crippen LogP contribution < -0.4 is 9.64 Å². The number of phenols is 1. The van der Waals surface area contributed by atoms with Crippen molar-refractivity contribution in [2.75, 3.05) is 13.7 Å². The molecule has 1 unspecified atom stereocenters. The number of ether oxygens (including phenoxy) is 1. The van der Waals surface area contributed by atoms with E-state index in [2.05, 4.69) is 50.2 Å². The predicted octanol–water partition coefficient (Wildman–Crippen LogP) is 5.13. The molecule has 2 aromatic carbocycles. The predicted molar refractivity (Wildman–Crippen MR) is 151 cm³/mol. The Morgan fingerprint density at radius 3 is 2.58 bits per heavy atom. The van der Waals surface area contributed by atoms with Crippen LogP contribution in [0.25, 0.3) is 6.08 Å². The van der Waals surface area contributed by atoms with Crippen LogP contribution in [0, 0.1) is 13.8 Å². The molecule has 0 saturated carbocycles. The Balaban J connectivity index is 1.51. The fourth-order valence-corrected chi connectivity index (χ4v) is 5.14. The number of fused-ring (bicyclic) bond motifs is 1. The van der Waals surface area contributed by atoms with E-state index >= 15 is 0 Å². The van der Waals surface area contributed by atoms with E-state index in [4.69, 9.17) is 4.74 Å². The highest BCUT2D eigenvalue weighted by molar-refractivity contribution is 6.08. The first kappa shape index (κ1) is 27.3. The standard InChI is InChI=1S/C32H36N2O4/c1-5-6-7-8-26(35)17-27(36)10-9-23-15-30(32(37)31(16-23)38-4)34-19-28-25(18-33-29(28)20-34)14-24-12-21(2)11-22(3)13-24/h9-13,15-16,18-19,37H,5-8,14,17,20H2,1-4H3/p+1. The molecule has 0 bridgehead atoms. The molecule has 2 aromatic rings. The highest BCUT2D eigenvalue weighted by Crippen LogP contribution is 2.35. The topological polar surface area (TPSA) is 80.4 Å². The number of unbranched alkanes of at least 4 members (excludes halogenated alkanes) is 2. The van der Waals surface area contributed by atoms with Crippen LogP contribution in [0.3, 0.4) is 0 Å². The van der Waals surface area contributed by atoms with Crippen molar-refractivity contribution in [1.82, 2.24) is 0 Å². The molecule has 2 aliphatic rings. The number of nitrogens with zero attached hydrogens (tertiary/aromatic N) is 1. The van der Waals surface area contributed by atoms with Gasteiger partial charge in [0.05, 0.1) is 19.1 Å². The number of aliphatic imine (C=N–C) groups is 1. The van der Waals surface area contributed by atoms with Gasteiger partial charge in [-0.2, -0.15) is 0 Å². The average molecular weight is 514 g/mol. The summed E-state index contributed by atoms with van der Waals surface area (Å²) in [7, 11) is 1.51. The molecule has 2 heterocycles. The second-order valence-electron chi connectivity index (χ2n) is 10.3. The van der Waals surface area contributed by atoms with Crippen LogP contribution in [-0.2, 0) is 16.0 Å². The number of ketones is 2. The van der Waals surface area contributed by atoms with Gasteiger partial charge in [0.1, 0.15) is 24.2 Å². The van der Waals surface area contributed by atoms with Crippen molar-refractivity contribution in [2.24, 2.45) is 4.99 Å². The first-order chi connectivity index (χ1) is 18.3. The number of hydrogen-bond acceptors (Lipinski definition) is 5. The lowest BCUT2D eigenvalue weighted by atomic mass is 9.97. The summed E-state index contributed by atoms with van der Waals surface area (Å²) in [5.41, 5.74) is 8.38. The first-order valence-electron chi connectivity index (χ1n) is 13.3. The van der Waals surface area contributed by atoms with Crippen LogP contribution in [0.2, 0.25) is 0 Å². The van der Waals surface area contributed by atoms with Crippen molar-refractivity contribution in [3.63, 3.8) is 0 Å². The normalized spacial score (nSPS) is 16.3. The summed E-state index contributed by atoms with van der Waals surface area (Å²) < 4.78 is 5.43. The van der Waals surface area contributed by atoms with Crippen LogP contribution in [0.15, 0.2) is 64.9 Å². The number of benzene rings is 2. The molecule has 0 saturated heterocycles. The smallest absolute Gasteiger partial charge is 0.220 e. The Morgan fingerprint density at radius 2 is 1.87 bits per heavy atom. The average Bonchev–Trinajstić information content (AvgIpc) is 3.44. The van der Waals surface area contributed by atoms with Gasteiger partial charge in [0.25, 0.3) is 0 Å². The third-order valence-electron chi connectivity index (χ3n) is 6.94. The molecule has 1 atom stereocenters. The van der Waals surface area contributed by atoms with E-state index in [-0.39, 0.29) is 23.7 Å². The van der Waals surface area contributed by atoms with Crippen molar-refractivity contribution < 1.29 is 24.3 Å². The summed E-state index contributed by atoms with van der Waals surface area (Å²) in [5.74, 6) is 0.151. The molecule has 0 amide bonds. The number of Topliss-reactive ketones (excluding diaryl/α,β-unsaturated/α-hetero) is 1. The van der Waals surface area contributed by atoms with Crippen LogP contribution in [-0.4, -0.2) is 36.0 Å².